The molecular formula is C36H34N4O. The van der Waals surface area contributed by atoms with Crippen molar-refractivity contribution in [1.29, 1.82) is 10.5 Å². The topological polar surface area (TPSA) is 66.7 Å². The van der Waals surface area contributed by atoms with E-state index >= 15 is 0 Å². The molecule has 0 spiro atoms. The lowest BCUT2D eigenvalue weighted by molar-refractivity contribution is 0.332. The van der Waals surface area contributed by atoms with Crippen LogP contribution >= 0.6 is 0 Å². The van der Waals surface area contributed by atoms with Gasteiger partial charge in [0.25, 0.3) is 0 Å². The molecule has 0 saturated carbocycles. The zero-order valence-electron chi connectivity index (χ0n) is 24.0. The minimum atomic E-state index is 0.0471. The van der Waals surface area contributed by atoms with Crippen molar-refractivity contribution in [1.82, 2.24) is 9.13 Å². The standard InChI is InChI=1S/C36H34N4O/c1-25(2)23-39-17-15-33-27(7-5-9-35(33)39)11-13-31-19-29(30(21-37)22-38)20-32(41-31)14-12-28-8-6-10-36-34(28)16-18-40(36)24-26(3)4/h5-20,25-26H,23-24H2,1-4H3/b13-11+,14-12+. The van der Waals surface area contributed by atoms with Gasteiger partial charge in [-0.25, -0.2) is 0 Å². The van der Waals surface area contributed by atoms with E-state index in [1.165, 1.54) is 21.8 Å². The van der Waals surface area contributed by atoms with Gasteiger partial charge in [-0.3, -0.25) is 0 Å². The van der Waals surface area contributed by atoms with Crippen molar-refractivity contribution in [3.63, 3.8) is 0 Å². The number of allylic oxidation sites excluding steroid dienone is 6. The van der Waals surface area contributed by atoms with Gasteiger partial charge in [0, 0.05) is 52.9 Å². The van der Waals surface area contributed by atoms with Crippen molar-refractivity contribution in [3.05, 3.63) is 119 Å². The predicted octanol–water partition coefficient (Wildman–Crippen LogP) is 8.78. The first-order valence-electron chi connectivity index (χ1n) is 14.0. The zero-order chi connectivity index (χ0) is 28.9. The van der Waals surface area contributed by atoms with Crippen LogP contribution in [0.15, 0.2) is 108 Å². The van der Waals surface area contributed by atoms with Gasteiger partial charge in [0.1, 0.15) is 29.2 Å². The molecule has 1 aliphatic heterocycles. The van der Waals surface area contributed by atoms with Crippen LogP contribution in [0.1, 0.15) is 38.8 Å². The molecule has 5 rings (SSSR count). The van der Waals surface area contributed by atoms with Gasteiger partial charge in [-0.15, -0.1) is 0 Å². The molecule has 0 aliphatic carbocycles. The Labute approximate surface area is 241 Å². The number of hydrogen-bond donors (Lipinski definition) is 0. The number of nitriles is 2. The van der Waals surface area contributed by atoms with Gasteiger partial charge >= 0.3 is 0 Å². The van der Waals surface area contributed by atoms with Crippen molar-refractivity contribution < 1.29 is 4.74 Å². The Morgan fingerprint density at radius 2 is 1.17 bits per heavy atom. The number of fused-ring (bicyclic) bond motifs is 2. The average molecular weight is 539 g/mol. The largest absolute Gasteiger partial charge is 0.457 e. The fourth-order valence-electron chi connectivity index (χ4n) is 5.24. The maximum absolute atomic E-state index is 9.56. The van der Waals surface area contributed by atoms with Crippen LogP contribution in [-0.4, -0.2) is 9.13 Å². The molecule has 0 atom stereocenters. The summed E-state index contributed by atoms with van der Waals surface area (Å²) >= 11 is 0. The highest BCUT2D eigenvalue weighted by Gasteiger charge is 2.13. The minimum absolute atomic E-state index is 0.0471. The van der Waals surface area contributed by atoms with E-state index in [9.17, 15) is 10.5 Å². The van der Waals surface area contributed by atoms with E-state index in [4.69, 9.17) is 4.74 Å². The van der Waals surface area contributed by atoms with Gasteiger partial charge in [0.05, 0.1) is 0 Å². The molecule has 0 saturated heterocycles. The van der Waals surface area contributed by atoms with E-state index in [0.29, 0.717) is 28.9 Å². The first-order valence-corrected chi connectivity index (χ1v) is 14.0. The number of benzene rings is 2. The molecule has 4 aromatic rings. The van der Waals surface area contributed by atoms with Crippen molar-refractivity contribution >= 4 is 34.0 Å². The molecule has 1 aliphatic rings. The maximum atomic E-state index is 9.56. The summed E-state index contributed by atoms with van der Waals surface area (Å²) in [5.74, 6) is 2.22. The molecule has 0 radical (unpaired) electrons. The third-order valence-corrected chi connectivity index (χ3v) is 7.02. The van der Waals surface area contributed by atoms with Crippen LogP contribution in [0.5, 0.6) is 0 Å². The molecule has 204 valence electrons. The van der Waals surface area contributed by atoms with Gasteiger partial charge < -0.3 is 13.9 Å². The lowest BCUT2D eigenvalue weighted by atomic mass is 10.0. The van der Waals surface area contributed by atoms with Crippen molar-refractivity contribution in [2.45, 2.75) is 40.8 Å². The third kappa shape index (κ3) is 6.11. The molecule has 2 aromatic heterocycles. The second-order valence-electron chi connectivity index (χ2n) is 11.2. The van der Waals surface area contributed by atoms with Crippen molar-refractivity contribution in [2.75, 3.05) is 0 Å². The van der Waals surface area contributed by atoms with Gasteiger partial charge in [0.15, 0.2) is 0 Å². The zero-order valence-corrected chi connectivity index (χ0v) is 24.0. The molecule has 0 N–H and O–H groups in total. The Balaban J connectivity index is 1.45. The Morgan fingerprint density at radius 1 is 0.707 bits per heavy atom. The Bertz CT molecular complexity index is 1710. The summed E-state index contributed by atoms with van der Waals surface area (Å²) in [5, 5.41) is 21.5. The molecule has 3 heterocycles. The van der Waals surface area contributed by atoms with Crippen molar-refractivity contribution in [3.8, 4) is 12.1 Å². The normalized spacial score (nSPS) is 13.7. The number of rotatable bonds is 8. The van der Waals surface area contributed by atoms with Crippen LogP contribution < -0.4 is 0 Å². The van der Waals surface area contributed by atoms with E-state index in [-0.39, 0.29) is 5.57 Å². The number of ether oxygens (including phenoxy) is 1. The van der Waals surface area contributed by atoms with Crippen LogP contribution in [0.3, 0.4) is 0 Å². The molecule has 0 fully saturated rings. The molecule has 41 heavy (non-hydrogen) atoms. The van der Waals surface area contributed by atoms with Gasteiger partial charge in [0.2, 0.25) is 0 Å². The predicted molar refractivity (Wildman–Crippen MR) is 167 cm³/mol. The summed E-state index contributed by atoms with van der Waals surface area (Å²) in [5.41, 5.74) is 5.11. The van der Waals surface area contributed by atoms with Crippen LogP contribution in [-0.2, 0) is 17.8 Å². The summed E-state index contributed by atoms with van der Waals surface area (Å²) in [6.07, 6.45) is 15.6. The van der Waals surface area contributed by atoms with E-state index in [1.807, 2.05) is 36.4 Å². The summed E-state index contributed by atoms with van der Waals surface area (Å²) in [4.78, 5) is 0. The molecule has 2 aromatic carbocycles. The van der Waals surface area contributed by atoms with E-state index < -0.39 is 0 Å². The summed E-state index contributed by atoms with van der Waals surface area (Å²) in [7, 11) is 0. The first kappa shape index (κ1) is 27.6. The highest BCUT2D eigenvalue weighted by atomic mass is 16.5. The Kier molecular flexibility index (Phi) is 8.09. The van der Waals surface area contributed by atoms with E-state index in [1.54, 1.807) is 12.2 Å². The summed E-state index contributed by atoms with van der Waals surface area (Å²) < 4.78 is 10.8. The number of hydrogen-bond acceptors (Lipinski definition) is 3. The van der Waals surface area contributed by atoms with E-state index in [2.05, 4.69) is 97.8 Å². The average Bonchev–Trinajstić information content (AvgIpc) is 3.55. The van der Waals surface area contributed by atoms with Crippen LogP contribution in [0.4, 0.5) is 0 Å². The minimum Gasteiger partial charge on any atom is -0.457 e. The van der Waals surface area contributed by atoms with Crippen molar-refractivity contribution in [2.24, 2.45) is 11.8 Å². The third-order valence-electron chi connectivity index (χ3n) is 7.02. The second kappa shape index (κ2) is 12.0. The van der Waals surface area contributed by atoms with E-state index in [0.717, 1.165) is 24.2 Å². The molecule has 5 heteroatoms. The fourth-order valence-corrected chi connectivity index (χ4v) is 5.24. The fraction of sp³-hybridized carbons (Fsp3) is 0.222. The van der Waals surface area contributed by atoms with Gasteiger partial charge in [-0.05, 0) is 71.5 Å². The molecular weight excluding hydrogens is 504 g/mol. The van der Waals surface area contributed by atoms with Crippen LogP contribution in [0.25, 0.3) is 34.0 Å². The SMILES string of the molecule is CC(C)Cn1ccc2c(/C=C/C3=CC(=C(C#N)C#N)C=C(/C=C/c4cccc5c4ccn5CC(C)C)O3)cccc21. The summed E-state index contributed by atoms with van der Waals surface area (Å²) in [6.45, 7) is 10.8. The van der Waals surface area contributed by atoms with Crippen LogP contribution in [0.2, 0.25) is 0 Å². The quantitative estimate of drug-likeness (QED) is 0.211. The molecule has 0 bridgehead atoms. The second-order valence-corrected chi connectivity index (χ2v) is 11.2. The number of nitrogens with zero attached hydrogens (tertiary/aromatic N) is 4. The van der Waals surface area contributed by atoms with Gasteiger partial charge in [-0.1, -0.05) is 64.1 Å². The number of aromatic nitrogens is 2. The monoisotopic (exact) mass is 538 g/mol. The molecule has 5 nitrogen and oxygen atoms in total. The van der Waals surface area contributed by atoms with Gasteiger partial charge in [-0.2, -0.15) is 10.5 Å². The Hall–Kier alpha value is -5.00. The highest BCUT2D eigenvalue weighted by Crippen LogP contribution is 2.28. The molecule has 0 unspecified atom stereocenters. The Morgan fingerprint density at radius 3 is 1.59 bits per heavy atom. The smallest absolute Gasteiger partial charge is 0.137 e. The van der Waals surface area contributed by atoms with Crippen LogP contribution in [0, 0.1) is 34.5 Å². The summed E-state index contributed by atoms with van der Waals surface area (Å²) in [6, 6.07) is 20.9. The molecule has 0 amide bonds. The lowest BCUT2D eigenvalue weighted by Gasteiger charge is -2.14. The maximum Gasteiger partial charge on any atom is 0.137 e. The highest BCUT2D eigenvalue weighted by molar-refractivity contribution is 5.90. The lowest BCUT2D eigenvalue weighted by Crippen LogP contribution is -2.02. The first-order chi connectivity index (χ1) is 19.9.